The number of carboxylic acids is 1. The predicted molar refractivity (Wildman–Crippen MR) is 68.1 cm³/mol. The number of rotatable bonds is 7. The number of benzene rings is 1. The monoisotopic (exact) mass is 253 g/mol. The van der Waals surface area contributed by atoms with Gasteiger partial charge in [0.1, 0.15) is 6.04 Å². The van der Waals surface area contributed by atoms with Crippen LogP contribution in [0.15, 0.2) is 18.2 Å². The number of para-hydroxylation sites is 1. The molecule has 0 bridgehead atoms. The average molecular weight is 253 g/mol. The van der Waals surface area contributed by atoms with Crippen molar-refractivity contribution in [3.8, 4) is 11.5 Å². The molecule has 1 aromatic carbocycles. The fourth-order valence-electron chi connectivity index (χ4n) is 1.62. The lowest BCUT2D eigenvalue weighted by molar-refractivity contribution is -0.138. The van der Waals surface area contributed by atoms with E-state index in [4.69, 9.17) is 20.3 Å². The summed E-state index contributed by atoms with van der Waals surface area (Å²) < 4.78 is 11.0. The molecule has 0 aliphatic rings. The first kappa shape index (κ1) is 14.3. The maximum Gasteiger partial charge on any atom is 0.320 e. The Labute approximate surface area is 107 Å². The molecule has 0 aliphatic carbocycles. The fourth-order valence-corrected chi connectivity index (χ4v) is 1.62. The largest absolute Gasteiger partial charge is 0.490 e. The number of hydrogen-bond acceptors (Lipinski definition) is 4. The van der Waals surface area contributed by atoms with Crippen LogP contribution in [0.2, 0.25) is 0 Å². The van der Waals surface area contributed by atoms with Crippen molar-refractivity contribution in [1.29, 1.82) is 0 Å². The highest BCUT2D eigenvalue weighted by atomic mass is 16.5. The molecule has 0 saturated carbocycles. The van der Waals surface area contributed by atoms with Crippen LogP contribution in [-0.2, 0) is 11.2 Å². The second-order valence-corrected chi connectivity index (χ2v) is 3.76. The van der Waals surface area contributed by atoms with Crippen LogP contribution in [-0.4, -0.2) is 30.3 Å². The van der Waals surface area contributed by atoms with E-state index in [-0.39, 0.29) is 6.42 Å². The van der Waals surface area contributed by atoms with Crippen molar-refractivity contribution in [3.05, 3.63) is 23.8 Å². The van der Waals surface area contributed by atoms with E-state index in [0.29, 0.717) is 24.7 Å². The quantitative estimate of drug-likeness (QED) is 0.768. The van der Waals surface area contributed by atoms with Crippen molar-refractivity contribution >= 4 is 5.97 Å². The lowest BCUT2D eigenvalue weighted by Crippen LogP contribution is -2.32. The maximum atomic E-state index is 10.8. The Balaban J connectivity index is 3.01. The van der Waals surface area contributed by atoms with Gasteiger partial charge >= 0.3 is 5.97 Å². The smallest absolute Gasteiger partial charge is 0.320 e. The average Bonchev–Trinajstić information content (AvgIpc) is 2.33. The highest BCUT2D eigenvalue weighted by Gasteiger charge is 2.17. The summed E-state index contributed by atoms with van der Waals surface area (Å²) in [7, 11) is 0. The molecule has 1 atom stereocenters. The van der Waals surface area contributed by atoms with Gasteiger partial charge in [-0.2, -0.15) is 0 Å². The Hall–Kier alpha value is -1.75. The van der Waals surface area contributed by atoms with Gasteiger partial charge in [0, 0.05) is 12.0 Å². The normalized spacial score (nSPS) is 11.9. The summed E-state index contributed by atoms with van der Waals surface area (Å²) in [6.45, 7) is 4.75. The SMILES string of the molecule is CCOc1cccc(CC(N)C(=O)O)c1OCC. The third-order valence-corrected chi connectivity index (χ3v) is 2.41. The van der Waals surface area contributed by atoms with Gasteiger partial charge in [0.05, 0.1) is 13.2 Å². The highest BCUT2D eigenvalue weighted by Crippen LogP contribution is 2.32. The Morgan fingerprint density at radius 2 is 2.00 bits per heavy atom. The summed E-state index contributed by atoms with van der Waals surface area (Å²) in [6, 6.07) is 4.46. The highest BCUT2D eigenvalue weighted by molar-refractivity contribution is 5.73. The minimum Gasteiger partial charge on any atom is -0.490 e. The van der Waals surface area contributed by atoms with Gasteiger partial charge in [0.15, 0.2) is 11.5 Å². The van der Waals surface area contributed by atoms with E-state index in [2.05, 4.69) is 0 Å². The molecule has 0 saturated heterocycles. The number of aliphatic carboxylic acids is 1. The molecule has 0 heterocycles. The van der Waals surface area contributed by atoms with Crippen LogP contribution in [0.1, 0.15) is 19.4 Å². The number of carbonyl (C=O) groups is 1. The molecule has 1 unspecified atom stereocenters. The molecule has 0 amide bonds. The van der Waals surface area contributed by atoms with Crippen molar-refractivity contribution in [2.24, 2.45) is 5.73 Å². The molecular weight excluding hydrogens is 234 g/mol. The molecule has 0 radical (unpaired) electrons. The second-order valence-electron chi connectivity index (χ2n) is 3.76. The minimum atomic E-state index is -1.03. The summed E-state index contributed by atoms with van der Waals surface area (Å²) in [5.74, 6) is 0.173. The van der Waals surface area contributed by atoms with Crippen molar-refractivity contribution in [3.63, 3.8) is 0 Å². The first-order valence-corrected chi connectivity index (χ1v) is 5.96. The van der Waals surface area contributed by atoms with Crippen LogP contribution < -0.4 is 15.2 Å². The van der Waals surface area contributed by atoms with Gasteiger partial charge in [-0.1, -0.05) is 12.1 Å². The first-order chi connectivity index (χ1) is 8.60. The molecule has 5 nitrogen and oxygen atoms in total. The lowest BCUT2D eigenvalue weighted by atomic mass is 10.0. The van der Waals surface area contributed by atoms with Gasteiger partial charge in [-0.3, -0.25) is 4.79 Å². The Morgan fingerprint density at radius 1 is 1.33 bits per heavy atom. The predicted octanol–water partition coefficient (Wildman–Crippen LogP) is 1.44. The van der Waals surface area contributed by atoms with Crippen LogP contribution in [0.4, 0.5) is 0 Å². The Kier molecular flexibility index (Phi) is 5.45. The van der Waals surface area contributed by atoms with E-state index in [1.807, 2.05) is 13.8 Å². The van der Waals surface area contributed by atoms with Crippen molar-refractivity contribution in [2.45, 2.75) is 26.3 Å². The molecule has 0 spiro atoms. The topological polar surface area (TPSA) is 81.8 Å². The van der Waals surface area contributed by atoms with Crippen LogP contribution in [0, 0.1) is 0 Å². The summed E-state index contributed by atoms with van der Waals surface area (Å²) in [5, 5.41) is 8.84. The van der Waals surface area contributed by atoms with Gasteiger partial charge in [-0.05, 0) is 19.9 Å². The summed E-state index contributed by atoms with van der Waals surface area (Å²) in [5.41, 5.74) is 6.29. The molecule has 0 aromatic heterocycles. The van der Waals surface area contributed by atoms with Gasteiger partial charge in [-0.25, -0.2) is 0 Å². The minimum absolute atomic E-state index is 0.214. The summed E-state index contributed by atoms with van der Waals surface area (Å²) in [6.07, 6.45) is 0.214. The van der Waals surface area contributed by atoms with E-state index >= 15 is 0 Å². The van der Waals surface area contributed by atoms with Crippen molar-refractivity contribution in [1.82, 2.24) is 0 Å². The van der Waals surface area contributed by atoms with Crippen LogP contribution >= 0.6 is 0 Å². The van der Waals surface area contributed by atoms with Gasteiger partial charge < -0.3 is 20.3 Å². The van der Waals surface area contributed by atoms with E-state index in [9.17, 15) is 4.79 Å². The summed E-state index contributed by atoms with van der Waals surface area (Å²) >= 11 is 0. The van der Waals surface area contributed by atoms with Gasteiger partial charge in [-0.15, -0.1) is 0 Å². The first-order valence-electron chi connectivity index (χ1n) is 5.96. The standard InChI is InChI=1S/C13H19NO4/c1-3-17-11-7-5-6-9(12(11)18-4-2)8-10(14)13(15)16/h5-7,10H,3-4,8,14H2,1-2H3,(H,15,16). The van der Waals surface area contributed by atoms with E-state index in [1.165, 1.54) is 0 Å². The number of ether oxygens (including phenoxy) is 2. The number of hydrogen-bond donors (Lipinski definition) is 2. The van der Waals surface area contributed by atoms with Crippen molar-refractivity contribution < 1.29 is 19.4 Å². The second kappa shape index (κ2) is 6.86. The van der Waals surface area contributed by atoms with E-state index in [1.54, 1.807) is 18.2 Å². The maximum absolute atomic E-state index is 10.8. The fraction of sp³-hybridized carbons (Fsp3) is 0.462. The van der Waals surface area contributed by atoms with Crippen molar-refractivity contribution in [2.75, 3.05) is 13.2 Å². The molecule has 0 aliphatic heterocycles. The van der Waals surface area contributed by atoms with E-state index in [0.717, 1.165) is 5.56 Å². The number of nitrogens with two attached hydrogens (primary N) is 1. The zero-order valence-corrected chi connectivity index (χ0v) is 10.7. The van der Waals surface area contributed by atoms with E-state index < -0.39 is 12.0 Å². The molecular formula is C13H19NO4. The zero-order valence-electron chi connectivity index (χ0n) is 10.7. The molecule has 3 N–H and O–H groups in total. The van der Waals surface area contributed by atoms with Crippen LogP contribution in [0.5, 0.6) is 11.5 Å². The molecule has 1 aromatic rings. The molecule has 100 valence electrons. The van der Waals surface area contributed by atoms with Crippen LogP contribution in [0.3, 0.4) is 0 Å². The number of carboxylic acid groups (broad SMARTS) is 1. The molecule has 0 fully saturated rings. The Bertz CT molecular complexity index is 406. The van der Waals surface area contributed by atoms with Gasteiger partial charge in [0.2, 0.25) is 0 Å². The molecule has 5 heteroatoms. The molecule has 18 heavy (non-hydrogen) atoms. The molecule has 1 rings (SSSR count). The zero-order chi connectivity index (χ0) is 13.5. The third kappa shape index (κ3) is 3.63. The van der Waals surface area contributed by atoms with Gasteiger partial charge in [0.25, 0.3) is 0 Å². The van der Waals surface area contributed by atoms with Crippen LogP contribution in [0.25, 0.3) is 0 Å². The summed E-state index contributed by atoms with van der Waals surface area (Å²) in [4.78, 5) is 10.8. The lowest BCUT2D eigenvalue weighted by Gasteiger charge is -2.16. The Morgan fingerprint density at radius 3 is 2.56 bits per heavy atom. The third-order valence-electron chi connectivity index (χ3n) is 2.41.